The minimum Gasteiger partial charge on any atom is -0.326 e. The Morgan fingerprint density at radius 2 is 2.25 bits per heavy atom. The summed E-state index contributed by atoms with van der Waals surface area (Å²) in [7, 11) is 0. The van der Waals surface area contributed by atoms with Crippen LogP contribution in [0.2, 0.25) is 0 Å². The Morgan fingerprint density at radius 3 is 2.88 bits per heavy atom. The summed E-state index contributed by atoms with van der Waals surface area (Å²) in [5.41, 5.74) is 7.70. The number of carbonyl (C=O) groups excluding carboxylic acids is 1. The van der Waals surface area contributed by atoms with E-state index in [4.69, 9.17) is 5.73 Å². The fourth-order valence-corrected chi connectivity index (χ4v) is 2.18. The molecule has 0 bridgehead atoms. The van der Waals surface area contributed by atoms with Crippen molar-refractivity contribution >= 4 is 5.78 Å². The molecule has 3 heteroatoms. The Labute approximate surface area is 96.2 Å². The predicted octanol–water partition coefficient (Wildman–Crippen LogP) is 1.21. The zero-order valence-corrected chi connectivity index (χ0v) is 9.65. The van der Waals surface area contributed by atoms with Gasteiger partial charge in [0.2, 0.25) is 0 Å². The predicted molar refractivity (Wildman–Crippen MR) is 64.5 cm³/mol. The van der Waals surface area contributed by atoms with Gasteiger partial charge in [0.15, 0.2) is 5.78 Å². The molecule has 0 spiro atoms. The second-order valence-electron chi connectivity index (χ2n) is 4.52. The number of benzene rings is 1. The van der Waals surface area contributed by atoms with Crippen molar-refractivity contribution in [2.24, 2.45) is 5.73 Å². The SMILES string of the molecule is Cc1ccccc1C(=O)CN1CCC(N)C1. The molecule has 1 aliphatic heterocycles. The summed E-state index contributed by atoms with van der Waals surface area (Å²) in [4.78, 5) is 14.2. The third kappa shape index (κ3) is 2.49. The Morgan fingerprint density at radius 1 is 1.50 bits per heavy atom. The molecule has 1 aliphatic rings. The Bertz CT molecular complexity index is 389. The molecule has 1 unspecified atom stereocenters. The van der Waals surface area contributed by atoms with Gasteiger partial charge in [-0.25, -0.2) is 0 Å². The lowest BCUT2D eigenvalue weighted by molar-refractivity contribution is 0.0944. The molecule has 1 aromatic carbocycles. The maximum atomic E-state index is 12.0. The van der Waals surface area contributed by atoms with Gasteiger partial charge >= 0.3 is 0 Å². The molecule has 0 aliphatic carbocycles. The molecule has 1 aromatic rings. The van der Waals surface area contributed by atoms with Gasteiger partial charge in [0.05, 0.1) is 6.54 Å². The van der Waals surface area contributed by atoms with Crippen molar-refractivity contribution in [3.05, 3.63) is 35.4 Å². The average Bonchev–Trinajstić information content (AvgIpc) is 2.64. The molecular weight excluding hydrogens is 200 g/mol. The fraction of sp³-hybridized carbons (Fsp3) is 0.462. The Kier molecular flexibility index (Phi) is 3.36. The smallest absolute Gasteiger partial charge is 0.177 e. The van der Waals surface area contributed by atoms with E-state index < -0.39 is 0 Å². The number of aryl methyl sites for hydroxylation is 1. The topological polar surface area (TPSA) is 46.3 Å². The molecule has 3 nitrogen and oxygen atoms in total. The van der Waals surface area contributed by atoms with E-state index in [1.54, 1.807) is 0 Å². The van der Waals surface area contributed by atoms with Gasteiger partial charge in [-0.15, -0.1) is 0 Å². The van der Waals surface area contributed by atoms with Gasteiger partial charge in [0.1, 0.15) is 0 Å². The minimum atomic E-state index is 0.201. The number of likely N-dealkylation sites (tertiary alicyclic amines) is 1. The van der Waals surface area contributed by atoms with Gasteiger partial charge in [-0.3, -0.25) is 9.69 Å². The van der Waals surface area contributed by atoms with Crippen LogP contribution >= 0.6 is 0 Å². The average molecular weight is 218 g/mol. The summed E-state index contributed by atoms with van der Waals surface area (Å²) in [5.74, 6) is 0.201. The standard InChI is InChI=1S/C13H18N2O/c1-10-4-2-3-5-12(10)13(16)9-15-7-6-11(14)8-15/h2-5,11H,6-9,14H2,1H3. The number of hydrogen-bond acceptors (Lipinski definition) is 3. The number of carbonyl (C=O) groups is 1. The number of hydrogen-bond donors (Lipinski definition) is 1. The van der Waals surface area contributed by atoms with E-state index in [0.29, 0.717) is 6.54 Å². The van der Waals surface area contributed by atoms with E-state index in [2.05, 4.69) is 4.90 Å². The summed E-state index contributed by atoms with van der Waals surface area (Å²) < 4.78 is 0. The third-order valence-electron chi connectivity index (χ3n) is 3.12. The lowest BCUT2D eigenvalue weighted by Gasteiger charge is -2.14. The van der Waals surface area contributed by atoms with E-state index in [9.17, 15) is 4.79 Å². The van der Waals surface area contributed by atoms with Crippen LogP contribution in [0.25, 0.3) is 0 Å². The molecule has 1 atom stereocenters. The molecule has 86 valence electrons. The highest BCUT2D eigenvalue weighted by Gasteiger charge is 2.21. The molecule has 16 heavy (non-hydrogen) atoms. The number of rotatable bonds is 3. The van der Waals surface area contributed by atoms with Crippen LogP contribution in [0.15, 0.2) is 24.3 Å². The Hall–Kier alpha value is -1.19. The van der Waals surface area contributed by atoms with Crippen LogP contribution in [0, 0.1) is 6.92 Å². The van der Waals surface area contributed by atoms with Crippen LogP contribution in [-0.4, -0.2) is 36.4 Å². The largest absolute Gasteiger partial charge is 0.326 e. The molecule has 2 rings (SSSR count). The molecule has 1 heterocycles. The maximum absolute atomic E-state index is 12.0. The molecule has 0 amide bonds. The summed E-state index contributed by atoms with van der Waals surface area (Å²) in [6, 6.07) is 7.98. The summed E-state index contributed by atoms with van der Waals surface area (Å²) in [6.45, 7) is 4.26. The highest BCUT2D eigenvalue weighted by Crippen LogP contribution is 2.11. The van der Waals surface area contributed by atoms with Crippen molar-refractivity contribution in [3.63, 3.8) is 0 Å². The van der Waals surface area contributed by atoms with Crippen LogP contribution < -0.4 is 5.73 Å². The summed E-state index contributed by atoms with van der Waals surface area (Å²) >= 11 is 0. The first-order valence-corrected chi connectivity index (χ1v) is 5.73. The van der Waals surface area contributed by atoms with Gasteiger partial charge in [-0.1, -0.05) is 24.3 Å². The van der Waals surface area contributed by atoms with Crippen molar-refractivity contribution in [2.45, 2.75) is 19.4 Å². The second kappa shape index (κ2) is 4.76. The number of nitrogens with zero attached hydrogens (tertiary/aromatic N) is 1. The van der Waals surface area contributed by atoms with Crippen molar-refractivity contribution < 1.29 is 4.79 Å². The van der Waals surface area contributed by atoms with E-state index in [1.165, 1.54) is 0 Å². The van der Waals surface area contributed by atoms with E-state index in [1.807, 2.05) is 31.2 Å². The molecule has 2 N–H and O–H groups in total. The normalized spacial score (nSPS) is 21.2. The lowest BCUT2D eigenvalue weighted by Crippen LogP contribution is -2.31. The summed E-state index contributed by atoms with van der Waals surface area (Å²) in [5, 5.41) is 0. The first-order valence-electron chi connectivity index (χ1n) is 5.73. The number of Topliss-reactive ketones (excluding diaryl/α,β-unsaturated/α-hetero) is 1. The van der Waals surface area contributed by atoms with Crippen LogP contribution in [0.1, 0.15) is 22.3 Å². The highest BCUT2D eigenvalue weighted by molar-refractivity contribution is 5.98. The lowest BCUT2D eigenvalue weighted by atomic mass is 10.0. The maximum Gasteiger partial charge on any atom is 0.177 e. The van der Waals surface area contributed by atoms with Crippen molar-refractivity contribution in [1.29, 1.82) is 0 Å². The number of ketones is 1. The van der Waals surface area contributed by atoms with Crippen LogP contribution in [0.4, 0.5) is 0 Å². The van der Waals surface area contributed by atoms with E-state index >= 15 is 0 Å². The Balaban J connectivity index is 2.01. The van der Waals surface area contributed by atoms with E-state index in [0.717, 1.165) is 30.6 Å². The van der Waals surface area contributed by atoms with Crippen LogP contribution in [0.3, 0.4) is 0 Å². The van der Waals surface area contributed by atoms with Gasteiger partial charge in [0.25, 0.3) is 0 Å². The van der Waals surface area contributed by atoms with Crippen molar-refractivity contribution in [1.82, 2.24) is 4.90 Å². The highest BCUT2D eigenvalue weighted by atomic mass is 16.1. The molecule has 0 saturated carbocycles. The van der Waals surface area contributed by atoms with Crippen LogP contribution in [-0.2, 0) is 0 Å². The molecule has 1 fully saturated rings. The quantitative estimate of drug-likeness (QED) is 0.776. The summed E-state index contributed by atoms with van der Waals surface area (Å²) in [6.07, 6.45) is 1.00. The zero-order valence-electron chi connectivity index (χ0n) is 9.65. The first kappa shape index (κ1) is 11.3. The molecule has 0 radical (unpaired) electrons. The van der Waals surface area contributed by atoms with Gasteiger partial charge in [-0.2, -0.15) is 0 Å². The van der Waals surface area contributed by atoms with Gasteiger partial charge in [-0.05, 0) is 18.9 Å². The van der Waals surface area contributed by atoms with Crippen LogP contribution in [0.5, 0.6) is 0 Å². The van der Waals surface area contributed by atoms with Crippen molar-refractivity contribution in [3.8, 4) is 0 Å². The molecule has 1 saturated heterocycles. The molecule has 0 aromatic heterocycles. The van der Waals surface area contributed by atoms with E-state index in [-0.39, 0.29) is 11.8 Å². The minimum absolute atomic E-state index is 0.201. The third-order valence-corrected chi connectivity index (χ3v) is 3.12. The second-order valence-corrected chi connectivity index (χ2v) is 4.52. The monoisotopic (exact) mass is 218 g/mol. The molecular formula is C13H18N2O. The first-order chi connectivity index (χ1) is 7.66. The van der Waals surface area contributed by atoms with Gasteiger partial charge in [0, 0.05) is 24.7 Å². The van der Waals surface area contributed by atoms with Crippen molar-refractivity contribution in [2.75, 3.05) is 19.6 Å². The van der Waals surface area contributed by atoms with Gasteiger partial charge < -0.3 is 5.73 Å². The zero-order chi connectivity index (χ0) is 11.5. The number of nitrogens with two attached hydrogens (primary N) is 1. The fourth-order valence-electron chi connectivity index (χ4n) is 2.18.